The van der Waals surface area contributed by atoms with Gasteiger partial charge in [-0.15, -0.1) is 0 Å². The highest BCUT2D eigenvalue weighted by Crippen LogP contribution is 2.44. The summed E-state index contributed by atoms with van der Waals surface area (Å²) in [5.41, 5.74) is 8.58. The summed E-state index contributed by atoms with van der Waals surface area (Å²) in [5.74, 6) is -0.984. The molecule has 2 aliphatic heterocycles. The Balaban J connectivity index is 1.93. The van der Waals surface area contributed by atoms with Crippen LogP contribution in [0.1, 0.15) is 30.9 Å². The van der Waals surface area contributed by atoms with Crippen LogP contribution < -0.4 is 5.73 Å². The first-order chi connectivity index (χ1) is 14.9. The Bertz CT molecular complexity index is 1160. The monoisotopic (exact) mass is 419 g/mol. The molecule has 0 saturated heterocycles. The van der Waals surface area contributed by atoms with Gasteiger partial charge in [0, 0.05) is 35.8 Å². The van der Waals surface area contributed by atoms with Gasteiger partial charge in [0.2, 0.25) is 5.88 Å². The number of halogens is 2. The SMILES string of the molecule is CC(C)N1CC(=Cc2ccccc2F)C2=C(C1)[C@@H](c1ccccc1F)C(C#N)=C(N)O2. The first-order valence-corrected chi connectivity index (χ1v) is 10.1. The van der Waals surface area contributed by atoms with Gasteiger partial charge in [-0.2, -0.15) is 5.26 Å². The molecule has 0 unspecified atom stereocenters. The van der Waals surface area contributed by atoms with Gasteiger partial charge in [-0.3, -0.25) is 4.90 Å². The first kappa shape index (κ1) is 20.8. The van der Waals surface area contributed by atoms with Crippen LogP contribution in [0.15, 0.2) is 76.9 Å². The maximum Gasteiger partial charge on any atom is 0.205 e. The van der Waals surface area contributed by atoms with Crippen molar-refractivity contribution in [2.45, 2.75) is 25.8 Å². The average molecular weight is 419 g/mol. The first-order valence-electron chi connectivity index (χ1n) is 10.1. The molecule has 4 nitrogen and oxygen atoms in total. The van der Waals surface area contributed by atoms with Crippen molar-refractivity contribution in [2.24, 2.45) is 5.73 Å². The minimum atomic E-state index is -0.666. The summed E-state index contributed by atoms with van der Waals surface area (Å²) in [5, 5.41) is 9.80. The molecule has 0 amide bonds. The Kier molecular flexibility index (Phi) is 5.62. The minimum absolute atomic E-state index is 0.0491. The molecule has 158 valence electrons. The highest BCUT2D eigenvalue weighted by atomic mass is 19.1. The lowest BCUT2D eigenvalue weighted by atomic mass is 9.79. The fraction of sp³-hybridized carbons (Fsp3) is 0.240. The molecule has 2 aromatic carbocycles. The second kappa shape index (κ2) is 8.37. The zero-order valence-electron chi connectivity index (χ0n) is 17.4. The number of ether oxygens (including phenoxy) is 1. The van der Waals surface area contributed by atoms with Crippen LogP contribution in [-0.4, -0.2) is 24.0 Å². The molecule has 4 rings (SSSR count). The highest BCUT2D eigenvalue weighted by molar-refractivity contribution is 5.63. The molecule has 0 fully saturated rings. The van der Waals surface area contributed by atoms with E-state index in [9.17, 15) is 14.0 Å². The van der Waals surface area contributed by atoms with Crippen molar-refractivity contribution in [3.8, 4) is 6.07 Å². The van der Waals surface area contributed by atoms with Gasteiger partial charge in [0.15, 0.2) is 0 Å². The van der Waals surface area contributed by atoms with Crippen LogP contribution in [-0.2, 0) is 4.74 Å². The smallest absolute Gasteiger partial charge is 0.205 e. The van der Waals surface area contributed by atoms with E-state index in [0.717, 1.165) is 11.1 Å². The Hall–Kier alpha value is -3.43. The van der Waals surface area contributed by atoms with Crippen molar-refractivity contribution in [3.05, 3.63) is 99.7 Å². The van der Waals surface area contributed by atoms with Crippen LogP contribution in [0.3, 0.4) is 0 Å². The largest absolute Gasteiger partial charge is 0.440 e. The molecule has 0 spiro atoms. The van der Waals surface area contributed by atoms with Crippen LogP contribution in [0.5, 0.6) is 0 Å². The predicted molar refractivity (Wildman–Crippen MR) is 115 cm³/mol. The zero-order valence-corrected chi connectivity index (χ0v) is 17.4. The van der Waals surface area contributed by atoms with Crippen LogP contribution in [0.2, 0.25) is 0 Å². The summed E-state index contributed by atoms with van der Waals surface area (Å²) in [7, 11) is 0. The molecule has 2 aliphatic rings. The molecule has 0 bridgehead atoms. The molecule has 2 heterocycles. The van der Waals surface area contributed by atoms with Crippen LogP contribution in [0, 0.1) is 23.0 Å². The number of nitriles is 1. The molecule has 0 saturated carbocycles. The van der Waals surface area contributed by atoms with Crippen LogP contribution in [0.25, 0.3) is 6.08 Å². The van der Waals surface area contributed by atoms with Gasteiger partial charge in [-0.1, -0.05) is 36.4 Å². The van der Waals surface area contributed by atoms with E-state index in [2.05, 4.69) is 24.8 Å². The standard InChI is InChI=1S/C25H23F2N3O/c1-15(2)30-13-17(11-16-7-3-5-9-21(16)26)24-20(14-30)23(19(12-28)25(29)31-24)18-8-4-6-10-22(18)27/h3-11,15,23H,13-14,29H2,1-2H3/t23-/m0/s1. The normalized spacial score (nSPS) is 20.6. The van der Waals surface area contributed by atoms with Crippen molar-refractivity contribution in [3.63, 3.8) is 0 Å². The van der Waals surface area contributed by atoms with E-state index < -0.39 is 11.7 Å². The van der Waals surface area contributed by atoms with Crippen molar-refractivity contribution in [1.82, 2.24) is 4.90 Å². The number of rotatable bonds is 3. The van der Waals surface area contributed by atoms with Gasteiger partial charge in [-0.05, 0) is 37.6 Å². The number of hydrogen-bond acceptors (Lipinski definition) is 4. The quantitative estimate of drug-likeness (QED) is 0.774. The number of hydrogen-bond donors (Lipinski definition) is 1. The topological polar surface area (TPSA) is 62.3 Å². The highest BCUT2D eigenvalue weighted by Gasteiger charge is 2.39. The lowest BCUT2D eigenvalue weighted by Gasteiger charge is -2.40. The van der Waals surface area contributed by atoms with Crippen molar-refractivity contribution >= 4 is 6.08 Å². The number of benzene rings is 2. The summed E-state index contributed by atoms with van der Waals surface area (Å²) in [6, 6.07) is 15.1. The maximum absolute atomic E-state index is 14.8. The molecule has 0 aromatic heterocycles. The Morgan fingerprint density at radius 3 is 2.42 bits per heavy atom. The second-order valence-electron chi connectivity index (χ2n) is 7.99. The Labute approximate surface area is 180 Å². The molecule has 0 radical (unpaired) electrons. The van der Waals surface area contributed by atoms with E-state index in [-0.39, 0.29) is 23.3 Å². The molecular formula is C25H23F2N3O. The summed E-state index contributed by atoms with van der Waals surface area (Å²) in [6.45, 7) is 5.12. The van der Waals surface area contributed by atoms with Crippen molar-refractivity contribution < 1.29 is 13.5 Å². The van der Waals surface area contributed by atoms with Gasteiger partial charge >= 0.3 is 0 Å². The third kappa shape index (κ3) is 3.85. The minimum Gasteiger partial charge on any atom is -0.440 e. The molecule has 31 heavy (non-hydrogen) atoms. The van der Waals surface area contributed by atoms with E-state index in [1.807, 2.05) is 0 Å². The summed E-state index contributed by atoms with van der Waals surface area (Å²) >= 11 is 0. The lowest BCUT2D eigenvalue weighted by Crippen LogP contribution is -2.41. The van der Waals surface area contributed by atoms with E-state index >= 15 is 0 Å². The summed E-state index contributed by atoms with van der Waals surface area (Å²) < 4.78 is 35.1. The molecule has 0 aliphatic carbocycles. The lowest BCUT2D eigenvalue weighted by molar-refractivity contribution is 0.207. The van der Waals surface area contributed by atoms with E-state index in [0.29, 0.717) is 30.0 Å². The number of nitrogens with two attached hydrogens (primary N) is 1. The molecule has 6 heteroatoms. The van der Waals surface area contributed by atoms with E-state index in [1.165, 1.54) is 12.1 Å². The van der Waals surface area contributed by atoms with Crippen molar-refractivity contribution in [1.29, 1.82) is 5.26 Å². The maximum atomic E-state index is 14.8. The molecular weight excluding hydrogens is 396 g/mol. The molecule has 2 N–H and O–H groups in total. The van der Waals surface area contributed by atoms with Gasteiger partial charge in [0.25, 0.3) is 0 Å². The third-order valence-corrected chi connectivity index (χ3v) is 5.75. The second-order valence-corrected chi connectivity index (χ2v) is 7.99. The fourth-order valence-corrected chi connectivity index (χ4v) is 4.11. The Morgan fingerprint density at radius 1 is 1.10 bits per heavy atom. The number of allylic oxidation sites excluding steroid dienone is 1. The van der Waals surface area contributed by atoms with Crippen molar-refractivity contribution in [2.75, 3.05) is 13.1 Å². The zero-order chi connectivity index (χ0) is 22.1. The van der Waals surface area contributed by atoms with E-state index in [4.69, 9.17) is 10.5 Å². The van der Waals surface area contributed by atoms with Gasteiger partial charge in [0.05, 0.1) is 5.92 Å². The predicted octanol–water partition coefficient (Wildman–Crippen LogP) is 4.83. The molecule has 1 atom stereocenters. The number of nitrogens with zero attached hydrogens (tertiary/aromatic N) is 2. The van der Waals surface area contributed by atoms with Gasteiger partial charge in [0.1, 0.15) is 29.0 Å². The van der Waals surface area contributed by atoms with Gasteiger partial charge < -0.3 is 10.5 Å². The Morgan fingerprint density at radius 2 is 1.77 bits per heavy atom. The van der Waals surface area contributed by atoms with Crippen LogP contribution >= 0.6 is 0 Å². The van der Waals surface area contributed by atoms with Crippen LogP contribution in [0.4, 0.5) is 8.78 Å². The van der Waals surface area contributed by atoms with E-state index in [1.54, 1.807) is 42.5 Å². The molecule has 2 aromatic rings. The fourth-order valence-electron chi connectivity index (χ4n) is 4.11. The average Bonchev–Trinajstić information content (AvgIpc) is 2.75. The summed E-state index contributed by atoms with van der Waals surface area (Å²) in [6.07, 6.45) is 1.74. The summed E-state index contributed by atoms with van der Waals surface area (Å²) in [4.78, 5) is 2.18. The van der Waals surface area contributed by atoms with Gasteiger partial charge in [-0.25, -0.2) is 8.78 Å². The third-order valence-electron chi connectivity index (χ3n) is 5.75.